The molecule has 0 saturated heterocycles. The molecule has 1 aliphatic heterocycles. The van der Waals surface area contributed by atoms with Crippen LogP contribution in [0.4, 0.5) is 4.79 Å². The van der Waals surface area contributed by atoms with Crippen LogP contribution in [0.3, 0.4) is 0 Å². The molecule has 0 spiro atoms. The number of ether oxygens (including phenoxy) is 3. The number of nitrogens with two attached hydrogens (primary N) is 2. The van der Waals surface area contributed by atoms with E-state index in [1.807, 2.05) is 6.92 Å². The molecule has 2 bridgehead atoms. The van der Waals surface area contributed by atoms with E-state index < -0.39 is 53.9 Å². The highest BCUT2D eigenvalue weighted by molar-refractivity contribution is 6.23. The van der Waals surface area contributed by atoms with Gasteiger partial charge in [0, 0.05) is 37.4 Å². The number of aliphatic hydroxyl groups is 1. The maximum atomic E-state index is 13.2. The van der Waals surface area contributed by atoms with Crippen molar-refractivity contribution >= 4 is 23.6 Å². The number of carbonyl (C=O) groups is 4. The molecule has 1 heterocycles. The van der Waals surface area contributed by atoms with Crippen molar-refractivity contribution in [2.24, 2.45) is 23.3 Å². The second kappa shape index (κ2) is 14.0. The first-order valence-electron chi connectivity index (χ1n) is 12.6. The van der Waals surface area contributed by atoms with Crippen molar-refractivity contribution < 1.29 is 38.5 Å². The van der Waals surface area contributed by atoms with Crippen molar-refractivity contribution in [2.75, 3.05) is 14.2 Å². The lowest BCUT2D eigenvalue weighted by Gasteiger charge is -2.29. The van der Waals surface area contributed by atoms with Gasteiger partial charge in [-0.2, -0.15) is 0 Å². The van der Waals surface area contributed by atoms with Crippen LogP contribution in [0.5, 0.6) is 0 Å². The van der Waals surface area contributed by atoms with Crippen molar-refractivity contribution in [3.63, 3.8) is 0 Å². The van der Waals surface area contributed by atoms with Gasteiger partial charge in [0.2, 0.25) is 11.6 Å². The van der Waals surface area contributed by atoms with E-state index in [4.69, 9.17) is 25.7 Å². The molecule has 0 aromatic heterocycles. The topological polar surface area (TPSA) is 180 Å². The molecular weight excluding hydrogens is 506 g/mol. The Balaban J connectivity index is 2.58. The zero-order valence-corrected chi connectivity index (χ0v) is 23.2. The Morgan fingerprint density at radius 1 is 1.13 bits per heavy atom. The first-order chi connectivity index (χ1) is 18.3. The minimum atomic E-state index is -1.00. The SMILES string of the molecule is CO[C@H]1/C=C/C=C(/C)C(=O)NC2=CC(=O)C(N)=C(C[C@@H](C)C[C@H](OC)[C@H](O)[C@@H](C)/C=C(\C)[C@@H]1OC(N)=O)C2=O. The Labute approximate surface area is 228 Å². The molecule has 11 nitrogen and oxygen atoms in total. The summed E-state index contributed by atoms with van der Waals surface area (Å²) in [6, 6.07) is 0. The number of rotatable bonds is 3. The first kappa shape index (κ1) is 31.7. The molecule has 0 aromatic rings. The quantitative estimate of drug-likeness (QED) is 0.303. The van der Waals surface area contributed by atoms with Crippen molar-refractivity contribution in [2.45, 2.75) is 65.0 Å². The minimum Gasteiger partial charge on any atom is -0.439 e. The fraction of sp³-hybridized carbons (Fsp3) is 0.500. The average Bonchev–Trinajstić information content (AvgIpc) is 2.88. The van der Waals surface area contributed by atoms with Gasteiger partial charge >= 0.3 is 6.09 Å². The van der Waals surface area contributed by atoms with E-state index in [0.29, 0.717) is 12.0 Å². The molecule has 39 heavy (non-hydrogen) atoms. The molecule has 2 rings (SSSR count). The second-order valence-electron chi connectivity index (χ2n) is 9.97. The van der Waals surface area contributed by atoms with Crippen molar-refractivity contribution in [3.05, 3.63) is 58.5 Å². The molecule has 6 N–H and O–H groups in total. The minimum absolute atomic E-state index is 0.104. The monoisotopic (exact) mass is 545 g/mol. The summed E-state index contributed by atoms with van der Waals surface area (Å²) in [5.41, 5.74) is 11.9. The standard InChI is InChI=1S/C28H39N3O8/c1-14-10-18-23(29)20(32)13-19(25(18)34)31-27(35)15(2)8-7-9-21(37-5)26(39-28(30)36)17(4)12-16(3)24(33)22(11-14)38-6/h7-9,12-14,16,21-22,24,26,33H,10-11,29H2,1-6H3,(H2,30,36)(H,31,35)/b9-7+,15-8-,17-12+/t14-,16+,21+,22+,24-,26+/m1/s1. The summed E-state index contributed by atoms with van der Waals surface area (Å²) in [7, 11) is 2.90. The van der Waals surface area contributed by atoms with Gasteiger partial charge in [-0.3, -0.25) is 14.4 Å². The molecule has 1 aliphatic carbocycles. The van der Waals surface area contributed by atoms with Crippen LogP contribution in [0.2, 0.25) is 0 Å². The molecule has 2 aliphatic rings. The zero-order valence-electron chi connectivity index (χ0n) is 23.2. The number of carbonyl (C=O) groups excluding carboxylic acids is 4. The molecule has 0 radical (unpaired) electrons. The molecule has 0 saturated carbocycles. The van der Waals surface area contributed by atoms with Crippen molar-refractivity contribution in [1.29, 1.82) is 0 Å². The van der Waals surface area contributed by atoms with E-state index >= 15 is 0 Å². The lowest BCUT2D eigenvalue weighted by molar-refractivity contribution is -0.120. The molecule has 2 amide bonds. The van der Waals surface area contributed by atoms with Gasteiger partial charge in [-0.25, -0.2) is 4.79 Å². The van der Waals surface area contributed by atoms with Crippen LogP contribution in [0.1, 0.15) is 40.5 Å². The third-order valence-corrected chi connectivity index (χ3v) is 6.84. The number of Topliss-reactive ketones (excluding diaryl/α,β-unsaturated/α-hetero) is 1. The third kappa shape index (κ3) is 8.22. The third-order valence-electron chi connectivity index (χ3n) is 6.84. The van der Waals surface area contributed by atoms with Gasteiger partial charge in [-0.1, -0.05) is 38.2 Å². The molecule has 0 aromatic carbocycles. The predicted molar refractivity (Wildman–Crippen MR) is 144 cm³/mol. The number of allylic oxidation sites excluding steroid dienone is 4. The lowest BCUT2D eigenvalue weighted by atomic mass is 9.85. The second-order valence-corrected chi connectivity index (χ2v) is 9.97. The number of methoxy groups -OCH3 is 2. The highest BCUT2D eigenvalue weighted by Gasteiger charge is 2.32. The largest absolute Gasteiger partial charge is 0.439 e. The fourth-order valence-electron chi connectivity index (χ4n) is 4.61. The highest BCUT2D eigenvalue weighted by Crippen LogP contribution is 2.28. The number of amides is 2. The first-order valence-corrected chi connectivity index (χ1v) is 12.6. The van der Waals surface area contributed by atoms with Crippen molar-refractivity contribution in [3.8, 4) is 0 Å². The van der Waals surface area contributed by atoms with E-state index in [1.54, 1.807) is 26.0 Å². The smallest absolute Gasteiger partial charge is 0.405 e. The number of fused-ring (bicyclic) bond motifs is 2. The predicted octanol–water partition coefficient (Wildman–Crippen LogP) is 1.72. The number of hydrogen-bond donors (Lipinski definition) is 4. The fourth-order valence-corrected chi connectivity index (χ4v) is 4.61. The number of aliphatic hydroxyl groups excluding tert-OH is 1. The van der Waals surface area contributed by atoms with Gasteiger partial charge in [-0.05, 0) is 38.2 Å². The van der Waals surface area contributed by atoms with Gasteiger partial charge < -0.3 is 36.1 Å². The Morgan fingerprint density at radius 2 is 1.79 bits per heavy atom. The number of ketones is 2. The van der Waals surface area contributed by atoms with Crippen LogP contribution in [0.15, 0.2) is 58.5 Å². The van der Waals surface area contributed by atoms with Gasteiger partial charge in [0.1, 0.15) is 6.10 Å². The number of hydrogen-bond acceptors (Lipinski definition) is 9. The van der Waals surface area contributed by atoms with Crippen LogP contribution in [-0.2, 0) is 28.6 Å². The summed E-state index contributed by atoms with van der Waals surface area (Å²) in [6.07, 6.45) is 3.55. The van der Waals surface area contributed by atoms with Gasteiger partial charge in [0.05, 0.1) is 23.6 Å². The van der Waals surface area contributed by atoms with E-state index in [-0.39, 0.29) is 34.9 Å². The zero-order chi connectivity index (χ0) is 29.4. The summed E-state index contributed by atoms with van der Waals surface area (Å²) in [5, 5.41) is 13.6. The van der Waals surface area contributed by atoms with Crippen LogP contribution in [0.25, 0.3) is 0 Å². The van der Waals surface area contributed by atoms with E-state index in [1.165, 1.54) is 33.3 Å². The summed E-state index contributed by atoms with van der Waals surface area (Å²) < 4.78 is 16.4. The summed E-state index contributed by atoms with van der Waals surface area (Å²) in [5.74, 6) is -2.37. The Bertz CT molecular complexity index is 1130. The Kier molecular flexibility index (Phi) is 11.4. The maximum Gasteiger partial charge on any atom is 0.405 e. The molecule has 214 valence electrons. The lowest BCUT2D eigenvalue weighted by Crippen LogP contribution is -2.37. The van der Waals surface area contributed by atoms with Crippen LogP contribution in [-0.4, -0.2) is 67.3 Å². The molecule has 6 atom stereocenters. The van der Waals surface area contributed by atoms with Crippen LogP contribution >= 0.6 is 0 Å². The van der Waals surface area contributed by atoms with Crippen molar-refractivity contribution in [1.82, 2.24) is 5.32 Å². The van der Waals surface area contributed by atoms with E-state index in [9.17, 15) is 24.3 Å². The summed E-state index contributed by atoms with van der Waals surface area (Å²) >= 11 is 0. The summed E-state index contributed by atoms with van der Waals surface area (Å²) in [6.45, 7) is 6.89. The van der Waals surface area contributed by atoms with E-state index in [0.717, 1.165) is 6.08 Å². The number of nitrogens with one attached hydrogen (secondary N) is 1. The molecule has 0 fully saturated rings. The Morgan fingerprint density at radius 3 is 2.38 bits per heavy atom. The van der Waals surface area contributed by atoms with E-state index in [2.05, 4.69) is 5.32 Å². The Hall–Kier alpha value is -3.54. The highest BCUT2D eigenvalue weighted by atomic mass is 16.6. The van der Waals surface area contributed by atoms with Gasteiger partial charge in [0.25, 0.3) is 5.91 Å². The molecule has 0 unspecified atom stereocenters. The van der Waals surface area contributed by atoms with Gasteiger partial charge in [-0.15, -0.1) is 0 Å². The molecule has 11 heteroatoms. The maximum absolute atomic E-state index is 13.2. The van der Waals surface area contributed by atoms with Crippen LogP contribution in [0, 0.1) is 11.8 Å². The molecular formula is C28H39N3O8. The number of primary amides is 1. The van der Waals surface area contributed by atoms with Crippen LogP contribution < -0.4 is 16.8 Å². The average molecular weight is 546 g/mol. The van der Waals surface area contributed by atoms with Gasteiger partial charge in [0.15, 0.2) is 6.10 Å². The summed E-state index contributed by atoms with van der Waals surface area (Å²) in [4.78, 5) is 50.1. The normalized spacial score (nSPS) is 33.3.